The topological polar surface area (TPSA) is 43.0 Å². The average molecular weight is 233 g/mol. The Balaban J connectivity index is 1.98. The number of rotatable bonds is 6. The van der Waals surface area contributed by atoms with E-state index in [9.17, 15) is 0 Å². The lowest BCUT2D eigenvalue weighted by Crippen LogP contribution is -2.16. The van der Waals surface area contributed by atoms with Crippen LogP contribution in [-0.4, -0.2) is 16.3 Å². The molecule has 0 saturated heterocycles. The van der Waals surface area contributed by atoms with Crippen molar-refractivity contribution in [2.24, 2.45) is 0 Å². The van der Waals surface area contributed by atoms with E-state index in [1.807, 2.05) is 13.0 Å². The van der Waals surface area contributed by atoms with Crippen LogP contribution in [0.4, 0.5) is 0 Å². The van der Waals surface area contributed by atoms with Gasteiger partial charge in [0, 0.05) is 24.5 Å². The maximum atomic E-state index is 5.23. The first-order valence-electron chi connectivity index (χ1n) is 6.06. The Hall–Kier alpha value is -1.55. The van der Waals surface area contributed by atoms with Gasteiger partial charge in [-0.25, -0.2) is 0 Å². The zero-order valence-electron chi connectivity index (χ0n) is 10.4. The molecule has 0 amide bonds. The summed E-state index contributed by atoms with van der Waals surface area (Å²) in [4.78, 5) is 0. The maximum absolute atomic E-state index is 5.23. The Bertz CT molecular complexity index is 459. The molecule has 0 fully saturated rings. The van der Waals surface area contributed by atoms with Gasteiger partial charge in [-0.2, -0.15) is 0 Å². The molecule has 2 aromatic heterocycles. The molecule has 17 heavy (non-hydrogen) atoms. The lowest BCUT2D eigenvalue weighted by Gasteiger charge is -2.07. The van der Waals surface area contributed by atoms with E-state index in [1.165, 1.54) is 5.69 Å². The lowest BCUT2D eigenvalue weighted by atomic mass is 10.3. The molecule has 0 radical (unpaired) electrons. The summed E-state index contributed by atoms with van der Waals surface area (Å²) in [6.45, 7) is 6.80. The van der Waals surface area contributed by atoms with Crippen LogP contribution < -0.4 is 5.32 Å². The average Bonchev–Trinajstić information content (AvgIpc) is 2.90. The second-order valence-electron chi connectivity index (χ2n) is 4.24. The van der Waals surface area contributed by atoms with Gasteiger partial charge >= 0.3 is 0 Å². The van der Waals surface area contributed by atoms with Crippen LogP contribution in [0.3, 0.4) is 0 Å². The molecule has 0 unspecified atom stereocenters. The molecule has 0 aromatic carbocycles. The monoisotopic (exact) mass is 233 g/mol. The van der Waals surface area contributed by atoms with Crippen LogP contribution in [-0.2, 0) is 13.1 Å². The van der Waals surface area contributed by atoms with E-state index in [2.05, 4.69) is 40.3 Å². The van der Waals surface area contributed by atoms with Gasteiger partial charge in [0.25, 0.3) is 0 Å². The van der Waals surface area contributed by atoms with Gasteiger partial charge in [0.1, 0.15) is 0 Å². The molecule has 0 aliphatic carbocycles. The van der Waals surface area contributed by atoms with Gasteiger partial charge in [0.2, 0.25) is 0 Å². The minimum absolute atomic E-state index is 0.747. The molecule has 0 bridgehead atoms. The Kier molecular flexibility index (Phi) is 3.98. The Morgan fingerprint density at radius 2 is 2.35 bits per heavy atom. The van der Waals surface area contributed by atoms with Gasteiger partial charge in [-0.1, -0.05) is 12.1 Å². The largest absolute Gasteiger partial charge is 0.359 e. The molecular weight excluding hydrogens is 214 g/mol. The highest BCUT2D eigenvalue weighted by atomic mass is 16.5. The summed E-state index contributed by atoms with van der Waals surface area (Å²) >= 11 is 0. The van der Waals surface area contributed by atoms with Gasteiger partial charge in [-0.05, 0) is 32.0 Å². The van der Waals surface area contributed by atoms with E-state index in [0.29, 0.717) is 0 Å². The maximum Gasteiger partial charge on any atom is 0.156 e. The van der Waals surface area contributed by atoms with Crippen molar-refractivity contribution in [3.63, 3.8) is 0 Å². The van der Waals surface area contributed by atoms with Crippen molar-refractivity contribution in [1.82, 2.24) is 15.0 Å². The van der Waals surface area contributed by atoms with Crippen LogP contribution in [0.5, 0.6) is 0 Å². The van der Waals surface area contributed by atoms with Gasteiger partial charge in [0.05, 0.1) is 12.2 Å². The van der Waals surface area contributed by atoms with Crippen molar-refractivity contribution < 1.29 is 4.52 Å². The SMILES string of the molecule is CCCNCc1cccn1Cc1cc(C)no1. The van der Waals surface area contributed by atoms with Crippen LogP contribution in [0.2, 0.25) is 0 Å². The van der Waals surface area contributed by atoms with Crippen molar-refractivity contribution >= 4 is 0 Å². The van der Waals surface area contributed by atoms with Crippen LogP contribution in [0.15, 0.2) is 28.9 Å². The number of aromatic nitrogens is 2. The summed E-state index contributed by atoms with van der Waals surface area (Å²) in [6.07, 6.45) is 3.23. The van der Waals surface area contributed by atoms with Crippen LogP contribution in [0.25, 0.3) is 0 Å². The standard InChI is InChI=1S/C13H19N3O/c1-3-6-14-9-12-5-4-7-16(12)10-13-8-11(2)15-17-13/h4-5,7-8,14H,3,6,9-10H2,1-2H3. The van der Waals surface area contributed by atoms with Crippen LogP contribution in [0, 0.1) is 6.92 Å². The van der Waals surface area contributed by atoms with Crippen molar-refractivity contribution in [2.45, 2.75) is 33.4 Å². The third-order valence-corrected chi connectivity index (χ3v) is 2.66. The summed E-state index contributed by atoms with van der Waals surface area (Å²) in [6, 6.07) is 6.17. The minimum Gasteiger partial charge on any atom is -0.359 e. The zero-order valence-corrected chi connectivity index (χ0v) is 10.4. The molecule has 0 saturated carbocycles. The highest BCUT2D eigenvalue weighted by molar-refractivity contribution is 5.11. The number of hydrogen-bond donors (Lipinski definition) is 1. The lowest BCUT2D eigenvalue weighted by molar-refractivity contribution is 0.371. The second-order valence-corrected chi connectivity index (χ2v) is 4.24. The first-order chi connectivity index (χ1) is 8.29. The van der Waals surface area contributed by atoms with Gasteiger partial charge in [-0.15, -0.1) is 0 Å². The van der Waals surface area contributed by atoms with E-state index in [1.54, 1.807) is 0 Å². The second kappa shape index (κ2) is 5.68. The van der Waals surface area contributed by atoms with Crippen molar-refractivity contribution in [2.75, 3.05) is 6.54 Å². The highest BCUT2D eigenvalue weighted by Gasteiger charge is 2.05. The fraction of sp³-hybridized carbons (Fsp3) is 0.462. The number of hydrogen-bond acceptors (Lipinski definition) is 3. The van der Waals surface area contributed by atoms with Crippen molar-refractivity contribution in [3.05, 3.63) is 41.5 Å². The number of aryl methyl sites for hydroxylation is 1. The molecule has 4 heteroatoms. The molecule has 2 heterocycles. The smallest absolute Gasteiger partial charge is 0.156 e. The summed E-state index contributed by atoms with van der Waals surface area (Å²) in [7, 11) is 0. The van der Waals surface area contributed by atoms with Crippen molar-refractivity contribution in [3.8, 4) is 0 Å². The molecule has 2 aromatic rings. The van der Waals surface area contributed by atoms with Crippen molar-refractivity contribution in [1.29, 1.82) is 0 Å². The third-order valence-electron chi connectivity index (χ3n) is 2.66. The fourth-order valence-corrected chi connectivity index (χ4v) is 1.82. The molecular formula is C13H19N3O. The summed E-state index contributed by atoms with van der Waals surface area (Å²) in [5.74, 6) is 0.899. The Morgan fingerprint density at radius 1 is 1.47 bits per heavy atom. The summed E-state index contributed by atoms with van der Waals surface area (Å²) < 4.78 is 7.41. The normalized spacial score (nSPS) is 10.9. The molecule has 4 nitrogen and oxygen atoms in total. The first kappa shape index (κ1) is 11.9. The number of nitrogens with one attached hydrogen (secondary N) is 1. The van der Waals surface area contributed by atoms with Gasteiger partial charge in [0.15, 0.2) is 5.76 Å². The first-order valence-corrected chi connectivity index (χ1v) is 6.06. The van der Waals surface area contributed by atoms with E-state index >= 15 is 0 Å². The van der Waals surface area contributed by atoms with Gasteiger partial charge < -0.3 is 14.4 Å². The predicted octanol–water partition coefficient (Wildman–Crippen LogP) is 2.33. The molecule has 0 atom stereocenters. The van der Waals surface area contributed by atoms with E-state index in [4.69, 9.17) is 4.52 Å². The molecule has 92 valence electrons. The highest BCUT2D eigenvalue weighted by Crippen LogP contribution is 2.09. The molecule has 0 aliphatic heterocycles. The third kappa shape index (κ3) is 3.20. The Labute approximate surface area is 102 Å². The zero-order chi connectivity index (χ0) is 12.1. The molecule has 1 N–H and O–H groups in total. The number of nitrogens with zero attached hydrogens (tertiary/aromatic N) is 2. The summed E-state index contributed by atoms with van der Waals surface area (Å²) in [5, 5.41) is 7.30. The predicted molar refractivity (Wildman–Crippen MR) is 66.8 cm³/mol. The van der Waals surface area contributed by atoms with Gasteiger partial charge in [-0.3, -0.25) is 0 Å². The van der Waals surface area contributed by atoms with E-state index in [-0.39, 0.29) is 0 Å². The van der Waals surface area contributed by atoms with E-state index < -0.39 is 0 Å². The molecule has 0 spiro atoms. The molecule has 0 aliphatic rings. The van der Waals surface area contributed by atoms with Crippen LogP contribution >= 0.6 is 0 Å². The minimum atomic E-state index is 0.747. The molecule has 2 rings (SSSR count). The summed E-state index contributed by atoms with van der Waals surface area (Å²) in [5.41, 5.74) is 2.20. The Morgan fingerprint density at radius 3 is 3.06 bits per heavy atom. The van der Waals surface area contributed by atoms with Crippen LogP contribution in [0.1, 0.15) is 30.5 Å². The fourth-order valence-electron chi connectivity index (χ4n) is 1.82. The van der Waals surface area contributed by atoms with E-state index in [0.717, 1.165) is 37.5 Å². The quantitative estimate of drug-likeness (QED) is 0.779.